The molecular formula is C11H8BrClN2O2S. The Bertz CT molecular complexity index is 588. The second kappa shape index (κ2) is 5.69. The summed E-state index contributed by atoms with van der Waals surface area (Å²) in [5, 5.41) is 16.4. The number of halogens is 2. The maximum Gasteiger partial charge on any atom is 0.271 e. The molecule has 0 spiro atoms. The first-order valence-electron chi connectivity index (χ1n) is 4.97. The lowest BCUT2D eigenvalue weighted by Crippen LogP contribution is -1.99. The standard InChI is InChI=1S/C11H8BrClN2O2S/c12-10-2-1-8(15(16)17)4-11(10)14-5-9-3-7(13)6-18-9/h1-4,6,14H,5H2. The summed E-state index contributed by atoms with van der Waals surface area (Å²) < 4.78 is 0.788. The van der Waals surface area contributed by atoms with Crippen molar-refractivity contribution in [2.75, 3.05) is 5.32 Å². The van der Waals surface area contributed by atoms with E-state index in [1.807, 2.05) is 11.4 Å². The number of benzene rings is 1. The second-order valence-corrected chi connectivity index (χ2v) is 5.79. The van der Waals surface area contributed by atoms with E-state index in [0.717, 1.165) is 9.35 Å². The van der Waals surface area contributed by atoms with Crippen LogP contribution in [0.15, 0.2) is 34.1 Å². The van der Waals surface area contributed by atoms with Crippen LogP contribution in [0.25, 0.3) is 0 Å². The Morgan fingerprint density at radius 3 is 2.83 bits per heavy atom. The van der Waals surface area contributed by atoms with Gasteiger partial charge in [-0.25, -0.2) is 0 Å². The molecule has 0 aliphatic carbocycles. The molecule has 0 amide bonds. The first-order chi connectivity index (χ1) is 8.56. The first kappa shape index (κ1) is 13.3. The first-order valence-corrected chi connectivity index (χ1v) is 7.02. The average molecular weight is 348 g/mol. The number of nitro groups is 1. The molecule has 1 aromatic carbocycles. The zero-order chi connectivity index (χ0) is 13.1. The van der Waals surface area contributed by atoms with Crippen LogP contribution in [0, 0.1) is 10.1 Å². The third kappa shape index (κ3) is 3.22. The highest BCUT2D eigenvalue weighted by Gasteiger charge is 2.09. The second-order valence-electron chi connectivity index (χ2n) is 3.51. The molecule has 0 aliphatic rings. The van der Waals surface area contributed by atoms with E-state index in [1.165, 1.54) is 12.1 Å². The van der Waals surface area contributed by atoms with Crippen LogP contribution in [-0.4, -0.2) is 4.92 Å². The van der Waals surface area contributed by atoms with Crippen molar-refractivity contribution in [3.63, 3.8) is 0 Å². The lowest BCUT2D eigenvalue weighted by Gasteiger charge is -2.06. The monoisotopic (exact) mass is 346 g/mol. The minimum atomic E-state index is -0.417. The number of nitro benzene ring substituents is 1. The molecule has 2 rings (SSSR count). The van der Waals surface area contributed by atoms with Crippen LogP contribution >= 0.6 is 38.9 Å². The molecule has 0 saturated heterocycles. The zero-order valence-corrected chi connectivity index (χ0v) is 12.2. The van der Waals surface area contributed by atoms with Gasteiger partial charge < -0.3 is 5.32 Å². The summed E-state index contributed by atoms with van der Waals surface area (Å²) in [7, 11) is 0. The molecule has 1 heterocycles. The number of hydrogen-bond acceptors (Lipinski definition) is 4. The van der Waals surface area contributed by atoms with E-state index >= 15 is 0 Å². The van der Waals surface area contributed by atoms with Crippen molar-refractivity contribution in [1.82, 2.24) is 0 Å². The summed E-state index contributed by atoms with van der Waals surface area (Å²) in [5.41, 5.74) is 0.749. The molecule has 2 aromatic rings. The van der Waals surface area contributed by atoms with Crippen molar-refractivity contribution < 1.29 is 4.92 Å². The molecule has 1 N–H and O–H groups in total. The Morgan fingerprint density at radius 2 is 2.22 bits per heavy atom. The van der Waals surface area contributed by atoms with Gasteiger partial charge in [-0.2, -0.15) is 0 Å². The lowest BCUT2D eigenvalue weighted by atomic mass is 10.3. The fourth-order valence-corrected chi connectivity index (χ4v) is 2.79. The summed E-state index contributed by atoms with van der Waals surface area (Å²) in [4.78, 5) is 11.3. The van der Waals surface area contributed by atoms with Gasteiger partial charge in [-0.3, -0.25) is 10.1 Å². The van der Waals surface area contributed by atoms with Crippen molar-refractivity contribution in [2.45, 2.75) is 6.54 Å². The SMILES string of the molecule is O=[N+]([O-])c1ccc(Br)c(NCc2cc(Cl)cs2)c1. The van der Waals surface area contributed by atoms with Gasteiger partial charge in [0.2, 0.25) is 0 Å². The van der Waals surface area contributed by atoms with Crippen LogP contribution in [0.5, 0.6) is 0 Å². The molecule has 0 bridgehead atoms. The molecule has 18 heavy (non-hydrogen) atoms. The number of nitrogens with zero attached hydrogens (tertiary/aromatic N) is 1. The quantitative estimate of drug-likeness (QED) is 0.645. The van der Waals surface area contributed by atoms with E-state index < -0.39 is 4.92 Å². The van der Waals surface area contributed by atoms with Crippen LogP contribution in [0.1, 0.15) is 4.88 Å². The summed E-state index contributed by atoms with van der Waals surface area (Å²) >= 11 is 10.7. The van der Waals surface area contributed by atoms with Crippen LogP contribution in [-0.2, 0) is 6.54 Å². The molecule has 94 valence electrons. The topological polar surface area (TPSA) is 55.2 Å². The Morgan fingerprint density at radius 1 is 1.44 bits per heavy atom. The van der Waals surface area contributed by atoms with Crippen LogP contribution in [0.3, 0.4) is 0 Å². The van der Waals surface area contributed by atoms with Gasteiger partial charge in [-0.15, -0.1) is 11.3 Å². The highest BCUT2D eigenvalue weighted by Crippen LogP contribution is 2.28. The summed E-state index contributed by atoms with van der Waals surface area (Å²) in [5.74, 6) is 0. The number of nitrogens with one attached hydrogen (secondary N) is 1. The van der Waals surface area contributed by atoms with Gasteiger partial charge in [0.15, 0.2) is 0 Å². The highest BCUT2D eigenvalue weighted by molar-refractivity contribution is 9.10. The Kier molecular flexibility index (Phi) is 4.21. The zero-order valence-electron chi connectivity index (χ0n) is 9.02. The highest BCUT2D eigenvalue weighted by atomic mass is 79.9. The molecule has 0 fully saturated rings. The third-order valence-corrected chi connectivity index (χ3v) is 4.21. The fraction of sp³-hybridized carbons (Fsp3) is 0.0909. The molecule has 0 unspecified atom stereocenters. The van der Waals surface area contributed by atoms with E-state index in [0.29, 0.717) is 17.3 Å². The largest absolute Gasteiger partial charge is 0.379 e. The van der Waals surface area contributed by atoms with Crippen molar-refractivity contribution in [2.24, 2.45) is 0 Å². The normalized spacial score (nSPS) is 10.3. The van der Waals surface area contributed by atoms with Gasteiger partial charge in [-0.1, -0.05) is 11.6 Å². The van der Waals surface area contributed by atoms with E-state index in [9.17, 15) is 10.1 Å². The van der Waals surface area contributed by atoms with Gasteiger partial charge in [0, 0.05) is 33.4 Å². The smallest absolute Gasteiger partial charge is 0.271 e. The van der Waals surface area contributed by atoms with Crippen LogP contribution in [0.4, 0.5) is 11.4 Å². The third-order valence-electron chi connectivity index (χ3n) is 2.24. The van der Waals surface area contributed by atoms with Gasteiger partial charge in [0.25, 0.3) is 5.69 Å². The number of non-ortho nitro benzene ring substituents is 1. The maximum absolute atomic E-state index is 10.7. The molecule has 0 atom stereocenters. The molecule has 0 aliphatic heterocycles. The fourth-order valence-electron chi connectivity index (χ4n) is 1.39. The Labute approximate surface area is 121 Å². The van der Waals surface area contributed by atoms with Gasteiger partial charge in [0.05, 0.1) is 15.6 Å². The molecule has 0 radical (unpaired) electrons. The number of hydrogen-bond donors (Lipinski definition) is 1. The number of anilines is 1. The number of thiophene rings is 1. The van der Waals surface area contributed by atoms with Crippen molar-refractivity contribution in [3.8, 4) is 0 Å². The summed E-state index contributed by atoms with van der Waals surface area (Å²) in [6.07, 6.45) is 0. The summed E-state index contributed by atoms with van der Waals surface area (Å²) in [6.45, 7) is 0.581. The van der Waals surface area contributed by atoms with Crippen LogP contribution < -0.4 is 5.32 Å². The summed E-state index contributed by atoms with van der Waals surface area (Å²) in [6, 6.07) is 6.48. The Balaban J connectivity index is 2.13. The average Bonchev–Trinajstić information content (AvgIpc) is 2.74. The van der Waals surface area contributed by atoms with E-state index in [4.69, 9.17) is 11.6 Å². The van der Waals surface area contributed by atoms with Crippen LogP contribution in [0.2, 0.25) is 5.02 Å². The molecular weight excluding hydrogens is 340 g/mol. The Hall–Kier alpha value is -1.11. The van der Waals surface area contributed by atoms with E-state index in [-0.39, 0.29) is 5.69 Å². The molecule has 4 nitrogen and oxygen atoms in total. The maximum atomic E-state index is 10.7. The lowest BCUT2D eigenvalue weighted by molar-refractivity contribution is -0.384. The van der Waals surface area contributed by atoms with Crippen molar-refractivity contribution in [1.29, 1.82) is 0 Å². The van der Waals surface area contributed by atoms with Crippen molar-refractivity contribution >= 4 is 50.2 Å². The predicted octanol–water partition coefficient (Wildman–Crippen LogP) is 4.68. The van der Waals surface area contributed by atoms with E-state index in [2.05, 4.69) is 21.2 Å². The predicted molar refractivity (Wildman–Crippen MR) is 77.5 cm³/mol. The van der Waals surface area contributed by atoms with Gasteiger partial charge >= 0.3 is 0 Å². The molecule has 0 saturated carbocycles. The van der Waals surface area contributed by atoms with E-state index in [1.54, 1.807) is 17.4 Å². The minimum absolute atomic E-state index is 0.0601. The number of rotatable bonds is 4. The minimum Gasteiger partial charge on any atom is -0.379 e. The molecule has 1 aromatic heterocycles. The van der Waals surface area contributed by atoms with Crippen molar-refractivity contribution in [3.05, 3.63) is 54.1 Å². The van der Waals surface area contributed by atoms with Gasteiger partial charge in [0.1, 0.15) is 0 Å². The molecule has 7 heteroatoms. The van der Waals surface area contributed by atoms with Gasteiger partial charge in [-0.05, 0) is 28.1 Å².